The molecule has 1 aromatic carbocycles. The molecule has 0 atom stereocenters. The summed E-state index contributed by atoms with van der Waals surface area (Å²) in [6.45, 7) is 7.05. The Balaban J connectivity index is 1.81. The van der Waals surface area contributed by atoms with Gasteiger partial charge in [0.15, 0.2) is 5.43 Å². The summed E-state index contributed by atoms with van der Waals surface area (Å²) in [5.74, 6) is 0.793. The summed E-state index contributed by atoms with van der Waals surface area (Å²) in [5.41, 5.74) is 4.86. The second-order valence-corrected chi connectivity index (χ2v) is 5.70. The van der Waals surface area contributed by atoms with Gasteiger partial charge in [-0.15, -0.1) is 0 Å². The first-order valence-electron chi connectivity index (χ1n) is 7.29. The number of benzene rings is 1. The standard InChI is InChI=1S/C17H19N3O2/c1-10-4-11(2)17-15(5-10)16(21)7-13(19-17)8-18-9-14-6-12(3)22-20-14/h4-7,18H,8-9H2,1-3H3,(H,19,21). The van der Waals surface area contributed by atoms with Gasteiger partial charge in [0.2, 0.25) is 0 Å². The average Bonchev–Trinajstić information content (AvgIpc) is 2.86. The summed E-state index contributed by atoms with van der Waals surface area (Å²) in [7, 11) is 0. The van der Waals surface area contributed by atoms with Crippen LogP contribution >= 0.6 is 0 Å². The second-order valence-electron chi connectivity index (χ2n) is 5.70. The quantitative estimate of drug-likeness (QED) is 0.777. The summed E-state index contributed by atoms with van der Waals surface area (Å²) < 4.78 is 5.02. The maximum absolute atomic E-state index is 12.3. The molecule has 3 rings (SSSR count). The van der Waals surface area contributed by atoms with Crippen molar-refractivity contribution >= 4 is 10.9 Å². The van der Waals surface area contributed by atoms with Crippen LogP contribution in [0.15, 0.2) is 33.6 Å². The number of rotatable bonds is 4. The first-order valence-corrected chi connectivity index (χ1v) is 7.29. The number of nitrogens with one attached hydrogen (secondary N) is 2. The van der Waals surface area contributed by atoms with Gasteiger partial charge in [-0.2, -0.15) is 0 Å². The molecule has 114 valence electrons. The fourth-order valence-electron chi connectivity index (χ4n) is 2.68. The van der Waals surface area contributed by atoms with E-state index in [1.165, 1.54) is 0 Å². The molecular weight excluding hydrogens is 278 g/mol. The monoisotopic (exact) mass is 297 g/mol. The van der Waals surface area contributed by atoms with Gasteiger partial charge in [0, 0.05) is 36.3 Å². The molecule has 0 spiro atoms. The molecule has 5 nitrogen and oxygen atoms in total. The molecule has 0 aliphatic carbocycles. The van der Waals surface area contributed by atoms with Crippen LogP contribution in [0, 0.1) is 20.8 Å². The third-order valence-corrected chi connectivity index (χ3v) is 3.63. The lowest BCUT2D eigenvalue weighted by Gasteiger charge is -2.08. The van der Waals surface area contributed by atoms with Gasteiger partial charge in [-0.25, -0.2) is 0 Å². The molecule has 0 bridgehead atoms. The van der Waals surface area contributed by atoms with Crippen LogP contribution in [0.3, 0.4) is 0 Å². The fourth-order valence-corrected chi connectivity index (χ4v) is 2.68. The van der Waals surface area contributed by atoms with Gasteiger partial charge >= 0.3 is 0 Å². The van der Waals surface area contributed by atoms with E-state index in [9.17, 15) is 4.79 Å². The summed E-state index contributed by atoms with van der Waals surface area (Å²) in [5, 5.41) is 7.93. The molecule has 0 saturated carbocycles. The minimum atomic E-state index is 0.0506. The van der Waals surface area contributed by atoms with Crippen LogP contribution in [-0.4, -0.2) is 10.1 Å². The fraction of sp³-hybridized carbons (Fsp3) is 0.294. The summed E-state index contributed by atoms with van der Waals surface area (Å²) in [6.07, 6.45) is 0. The lowest BCUT2D eigenvalue weighted by Crippen LogP contribution is -2.16. The molecular formula is C17H19N3O2. The van der Waals surface area contributed by atoms with Gasteiger partial charge in [0.05, 0.1) is 11.2 Å². The van der Waals surface area contributed by atoms with Gasteiger partial charge in [0.25, 0.3) is 0 Å². The maximum atomic E-state index is 12.3. The molecule has 0 saturated heterocycles. The Labute approximate surface area is 128 Å². The normalized spacial score (nSPS) is 11.2. The zero-order valence-electron chi connectivity index (χ0n) is 13.0. The SMILES string of the molecule is Cc1cc(C)c2[nH]c(CNCc3cc(C)on3)cc(=O)c2c1. The Morgan fingerprint density at radius 2 is 1.95 bits per heavy atom. The molecule has 5 heteroatoms. The highest BCUT2D eigenvalue weighted by atomic mass is 16.5. The van der Waals surface area contributed by atoms with Crippen LogP contribution < -0.4 is 10.7 Å². The third-order valence-electron chi connectivity index (χ3n) is 3.63. The van der Waals surface area contributed by atoms with Crippen LogP contribution in [0.25, 0.3) is 10.9 Å². The predicted octanol–water partition coefficient (Wildman–Crippen LogP) is 2.73. The minimum Gasteiger partial charge on any atom is -0.361 e. The van der Waals surface area contributed by atoms with Crippen molar-refractivity contribution in [2.24, 2.45) is 0 Å². The molecule has 0 amide bonds. The van der Waals surface area contributed by atoms with Crippen molar-refractivity contribution in [2.75, 3.05) is 0 Å². The topological polar surface area (TPSA) is 70.9 Å². The minimum absolute atomic E-state index is 0.0506. The first-order chi connectivity index (χ1) is 10.5. The number of hydrogen-bond acceptors (Lipinski definition) is 4. The number of nitrogens with zero attached hydrogens (tertiary/aromatic N) is 1. The number of fused-ring (bicyclic) bond motifs is 1. The van der Waals surface area contributed by atoms with E-state index < -0.39 is 0 Å². The van der Waals surface area contributed by atoms with Gasteiger partial charge in [-0.3, -0.25) is 4.79 Å². The average molecular weight is 297 g/mol. The van der Waals surface area contributed by atoms with Crippen LogP contribution in [-0.2, 0) is 13.1 Å². The summed E-state index contributed by atoms with van der Waals surface area (Å²) >= 11 is 0. The molecule has 22 heavy (non-hydrogen) atoms. The van der Waals surface area contributed by atoms with Crippen molar-refractivity contribution < 1.29 is 4.52 Å². The Kier molecular flexibility index (Phi) is 3.81. The highest BCUT2D eigenvalue weighted by Crippen LogP contribution is 2.16. The van der Waals surface area contributed by atoms with E-state index in [0.717, 1.165) is 39.2 Å². The Morgan fingerprint density at radius 1 is 1.14 bits per heavy atom. The first kappa shape index (κ1) is 14.5. The largest absolute Gasteiger partial charge is 0.361 e. The Hall–Kier alpha value is -2.40. The molecule has 2 aromatic heterocycles. The molecule has 0 aliphatic heterocycles. The van der Waals surface area contributed by atoms with Crippen LogP contribution in [0.1, 0.15) is 28.3 Å². The second kappa shape index (κ2) is 5.77. The molecule has 2 heterocycles. The van der Waals surface area contributed by atoms with Gasteiger partial charge in [-0.05, 0) is 38.0 Å². The number of aryl methyl sites for hydroxylation is 3. The number of H-pyrrole nitrogens is 1. The summed E-state index contributed by atoms with van der Waals surface area (Å²) in [6, 6.07) is 7.55. The van der Waals surface area contributed by atoms with Crippen molar-refractivity contribution in [3.8, 4) is 0 Å². The maximum Gasteiger partial charge on any atom is 0.189 e. The van der Waals surface area contributed by atoms with Crippen molar-refractivity contribution in [3.63, 3.8) is 0 Å². The molecule has 3 aromatic rings. The number of hydrogen-bond donors (Lipinski definition) is 2. The predicted molar refractivity (Wildman–Crippen MR) is 85.8 cm³/mol. The van der Waals surface area contributed by atoms with Crippen molar-refractivity contribution in [2.45, 2.75) is 33.9 Å². The van der Waals surface area contributed by atoms with Crippen molar-refractivity contribution in [1.82, 2.24) is 15.5 Å². The number of aromatic nitrogens is 2. The van der Waals surface area contributed by atoms with Crippen LogP contribution in [0.4, 0.5) is 0 Å². The van der Waals surface area contributed by atoms with E-state index in [1.807, 2.05) is 32.9 Å². The highest BCUT2D eigenvalue weighted by molar-refractivity contribution is 5.82. The van der Waals surface area contributed by atoms with Crippen molar-refractivity contribution in [1.29, 1.82) is 0 Å². The van der Waals surface area contributed by atoms with E-state index in [1.54, 1.807) is 6.07 Å². The van der Waals surface area contributed by atoms with E-state index in [0.29, 0.717) is 13.1 Å². The van der Waals surface area contributed by atoms with Crippen molar-refractivity contribution in [3.05, 3.63) is 62.8 Å². The molecule has 0 fully saturated rings. The molecule has 0 unspecified atom stereocenters. The third kappa shape index (κ3) is 2.94. The van der Waals surface area contributed by atoms with Gasteiger partial charge in [-0.1, -0.05) is 11.2 Å². The Bertz CT molecular complexity index is 877. The van der Waals surface area contributed by atoms with E-state index >= 15 is 0 Å². The van der Waals surface area contributed by atoms with E-state index in [2.05, 4.69) is 21.5 Å². The Morgan fingerprint density at radius 3 is 2.68 bits per heavy atom. The summed E-state index contributed by atoms with van der Waals surface area (Å²) in [4.78, 5) is 15.6. The van der Waals surface area contributed by atoms with Gasteiger partial charge < -0.3 is 14.8 Å². The zero-order chi connectivity index (χ0) is 15.7. The van der Waals surface area contributed by atoms with Gasteiger partial charge in [0.1, 0.15) is 5.76 Å². The lowest BCUT2D eigenvalue weighted by atomic mass is 10.1. The van der Waals surface area contributed by atoms with Crippen LogP contribution in [0.2, 0.25) is 0 Å². The molecule has 0 radical (unpaired) electrons. The number of pyridine rings is 1. The van der Waals surface area contributed by atoms with E-state index in [4.69, 9.17) is 4.52 Å². The zero-order valence-corrected chi connectivity index (χ0v) is 13.0. The van der Waals surface area contributed by atoms with Crippen LogP contribution in [0.5, 0.6) is 0 Å². The molecule has 0 aliphatic rings. The molecule has 2 N–H and O–H groups in total. The van der Waals surface area contributed by atoms with E-state index in [-0.39, 0.29) is 5.43 Å². The number of aromatic amines is 1. The lowest BCUT2D eigenvalue weighted by molar-refractivity contribution is 0.388. The highest BCUT2D eigenvalue weighted by Gasteiger charge is 2.06. The smallest absolute Gasteiger partial charge is 0.189 e.